The molecule has 1 saturated heterocycles. The number of halogens is 4. The number of rotatable bonds is 5. The fraction of sp³-hybridized carbons (Fsp3) is 0.292. The highest BCUT2D eigenvalue weighted by atomic mass is 35.5. The average Bonchev–Trinajstić information content (AvgIpc) is 2.99. The summed E-state index contributed by atoms with van der Waals surface area (Å²) in [6, 6.07) is 14.8. The molecule has 0 spiro atoms. The summed E-state index contributed by atoms with van der Waals surface area (Å²) in [5, 5.41) is -0.316. The van der Waals surface area contributed by atoms with Crippen molar-refractivity contribution in [1.82, 2.24) is 9.47 Å². The summed E-state index contributed by atoms with van der Waals surface area (Å²) >= 11 is 5.98. The van der Waals surface area contributed by atoms with Crippen molar-refractivity contribution in [1.29, 1.82) is 0 Å². The van der Waals surface area contributed by atoms with E-state index in [0.29, 0.717) is 16.1 Å². The van der Waals surface area contributed by atoms with Gasteiger partial charge in [-0.15, -0.1) is 0 Å². The Labute approximate surface area is 200 Å². The standard InChI is InChI=1S/C24H22ClF3N2O3S/c1-15-20(17-8-10-18(25)11-9-17)21(23(31)29-13-19(14-29)34(2,32)33)30(22(15)24(26,27)28)12-16-6-4-3-5-7-16/h3-11,19H,12-14H2,1-2H3. The molecule has 1 aromatic heterocycles. The van der Waals surface area contributed by atoms with Gasteiger partial charge in [0.1, 0.15) is 11.4 Å². The number of sulfone groups is 1. The summed E-state index contributed by atoms with van der Waals surface area (Å²) in [5.41, 5.74) is 0.0647. The Bertz CT molecular complexity index is 1330. The second-order valence-corrected chi connectivity index (χ2v) is 11.2. The second-order valence-electron chi connectivity index (χ2n) is 8.44. The molecular formula is C24H22ClF3N2O3S. The normalized spacial score (nSPS) is 14.8. The first kappa shape index (κ1) is 24.3. The van der Waals surface area contributed by atoms with E-state index in [9.17, 15) is 26.4 Å². The molecular weight excluding hydrogens is 489 g/mol. The van der Waals surface area contributed by atoms with E-state index in [1.54, 1.807) is 54.6 Å². The predicted molar refractivity (Wildman–Crippen MR) is 125 cm³/mol. The predicted octanol–water partition coefficient (Wildman–Crippen LogP) is 5.05. The smallest absolute Gasteiger partial charge is 0.335 e. The van der Waals surface area contributed by atoms with Crippen molar-refractivity contribution in [2.75, 3.05) is 19.3 Å². The zero-order valence-corrected chi connectivity index (χ0v) is 20.0. The van der Waals surface area contributed by atoms with Gasteiger partial charge in [0.15, 0.2) is 9.84 Å². The zero-order chi connectivity index (χ0) is 24.8. The van der Waals surface area contributed by atoms with E-state index in [1.165, 1.54) is 11.8 Å². The second kappa shape index (κ2) is 8.78. The molecule has 1 aliphatic rings. The van der Waals surface area contributed by atoms with E-state index in [1.807, 2.05) is 0 Å². The molecule has 4 rings (SSSR count). The van der Waals surface area contributed by atoms with Crippen molar-refractivity contribution in [3.63, 3.8) is 0 Å². The van der Waals surface area contributed by atoms with Crippen molar-refractivity contribution < 1.29 is 26.4 Å². The fourth-order valence-corrected chi connectivity index (χ4v) is 5.28. The lowest BCUT2D eigenvalue weighted by molar-refractivity contribution is -0.143. The molecule has 0 saturated carbocycles. The van der Waals surface area contributed by atoms with Crippen LogP contribution in [-0.4, -0.2) is 48.4 Å². The largest absolute Gasteiger partial charge is 0.431 e. The van der Waals surface area contributed by atoms with Crippen LogP contribution >= 0.6 is 11.6 Å². The number of nitrogens with zero attached hydrogens (tertiary/aromatic N) is 2. The van der Waals surface area contributed by atoms with Crippen LogP contribution in [0, 0.1) is 6.92 Å². The van der Waals surface area contributed by atoms with Gasteiger partial charge in [-0.1, -0.05) is 54.1 Å². The molecule has 180 valence electrons. The van der Waals surface area contributed by atoms with Crippen LogP contribution in [0.2, 0.25) is 5.02 Å². The number of hydrogen-bond acceptors (Lipinski definition) is 3. The Morgan fingerprint density at radius 1 is 1.06 bits per heavy atom. The Hall–Kier alpha value is -2.78. The summed E-state index contributed by atoms with van der Waals surface area (Å²) in [6.07, 6.45) is -3.63. The first-order valence-electron chi connectivity index (χ1n) is 10.5. The van der Waals surface area contributed by atoms with Gasteiger partial charge >= 0.3 is 6.18 Å². The molecule has 1 amide bonds. The molecule has 1 aliphatic heterocycles. The Morgan fingerprint density at radius 3 is 2.18 bits per heavy atom. The Morgan fingerprint density at radius 2 is 1.65 bits per heavy atom. The molecule has 0 atom stereocenters. The number of benzene rings is 2. The lowest BCUT2D eigenvalue weighted by Gasteiger charge is -2.38. The molecule has 2 heterocycles. The minimum Gasteiger partial charge on any atom is -0.335 e. The van der Waals surface area contributed by atoms with Gasteiger partial charge in [0, 0.05) is 36.5 Å². The van der Waals surface area contributed by atoms with Gasteiger partial charge in [0.05, 0.1) is 5.25 Å². The van der Waals surface area contributed by atoms with Crippen LogP contribution in [0.15, 0.2) is 54.6 Å². The van der Waals surface area contributed by atoms with Crippen LogP contribution in [0.4, 0.5) is 13.2 Å². The van der Waals surface area contributed by atoms with E-state index in [0.717, 1.165) is 10.8 Å². The SMILES string of the molecule is Cc1c(-c2ccc(Cl)cc2)c(C(=O)N2CC(S(C)(=O)=O)C2)n(Cc2ccccc2)c1C(F)(F)F. The van der Waals surface area contributed by atoms with Crippen LogP contribution < -0.4 is 0 Å². The Balaban J connectivity index is 1.92. The number of aromatic nitrogens is 1. The van der Waals surface area contributed by atoms with Gasteiger partial charge in [-0.3, -0.25) is 4.79 Å². The minimum atomic E-state index is -4.72. The number of amides is 1. The fourth-order valence-electron chi connectivity index (χ4n) is 4.25. The van der Waals surface area contributed by atoms with Crippen LogP contribution in [0.3, 0.4) is 0 Å². The molecule has 34 heavy (non-hydrogen) atoms. The van der Waals surface area contributed by atoms with E-state index in [4.69, 9.17) is 11.6 Å². The molecule has 5 nitrogen and oxygen atoms in total. The third-order valence-electron chi connectivity index (χ3n) is 6.04. The van der Waals surface area contributed by atoms with Gasteiger partial charge in [-0.05, 0) is 35.7 Å². The minimum absolute atomic E-state index is 0.0609. The summed E-state index contributed by atoms with van der Waals surface area (Å²) < 4.78 is 67.6. The molecule has 3 aromatic rings. The maximum Gasteiger partial charge on any atom is 0.431 e. The topological polar surface area (TPSA) is 59.4 Å². The lowest BCUT2D eigenvalue weighted by Crippen LogP contribution is -2.57. The maximum absolute atomic E-state index is 14.3. The highest BCUT2D eigenvalue weighted by Crippen LogP contribution is 2.42. The Kier molecular flexibility index (Phi) is 6.29. The van der Waals surface area contributed by atoms with Gasteiger partial charge < -0.3 is 9.47 Å². The van der Waals surface area contributed by atoms with Crippen molar-refractivity contribution in [3.05, 3.63) is 82.1 Å². The molecule has 0 bridgehead atoms. The molecule has 1 fully saturated rings. The highest BCUT2D eigenvalue weighted by Gasteiger charge is 2.44. The van der Waals surface area contributed by atoms with Gasteiger partial charge in [0.25, 0.3) is 5.91 Å². The van der Waals surface area contributed by atoms with E-state index >= 15 is 0 Å². The summed E-state index contributed by atoms with van der Waals surface area (Å²) in [4.78, 5) is 14.9. The first-order chi connectivity index (χ1) is 15.9. The third-order valence-corrected chi connectivity index (χ3v) is 7.80. The van der Waals surface area contributed by atoms with Crippen LogP contribution in [0.5, 0.6) is 0 Å². The summed E-state index contributed by atoms with van der Waals surface area (Å²) in [6.45, 7) is 1.05. The van der Waals surface area contributed by atoms with Crippen LogP contribution in [-0.2, 0) is 22.6 Å². The van der Waals surface area contributed by atoms with Crippen molar-refractivity contribution in [2.24, 2.45) is 0 Å². The van der Waals surface area contributed by atoms with Crippen molar-refractivity contribution in [2.45, 2.75) is 24.9 Å². The average molecular weight is 511 g/mol. The first-order valence-corrected chi connectivity index (χ1v) is 12.8. The molecule has 0 unspecified atom stereocenters. The van der Waals surface area contributed by atoms with E-state index < -0.39 is 32.9 Å². The number of carbonyl (C=O) groups is 1. The molecule has 0 radical (unpaired) electrons. The van der Waals surface area contributed by atoms with E-state index in [2.05, 4.69) is 0 Å². The van der Waals surface area contributed by atoms with Crippen molar-refractivity contribution >= 4 is 27.3 Å². The van der Waals surface area contributed by atoms with Crippen molar-refractivity contribution in [3.8, 4) is 11.1 Å². The number of hydrogen-bond donors (Lipinski definition) is 0. The van der Waals surface area contributed by atoms with Gasteiger partial charge in [-0.2, -0.15) is 13.2 Å². The monoisotopic (exact) mass is 510 g/mol. The molecule has 0 aliphatic carbocycles. The number of alkyl halides is 3. The molecule has 10 heteroatoms. The van der Waals surface area contributed by atoms with E-state index in [-0.39, 0.29) is 36.5 Å². The van der Waals surface area contributed by atoms with Crippen LogP contribution in [0.1, 0.15) is 27.3 Å². The quantitative estimate of drug-likeness (QED) is 0.482. The highest BCUT2D eigenvalue weighted by molar-refractivity contribution is 7.91. The van der Waals surface area contributed by atoms with Gasteiger partial charge in [-0.25, -0.2) is 8.42 Å². The lowest BCUT2D eigenvalue weighted by atomic mass is 9.99. The van der Waals surface area contributed by atoms with Gasteiger partial charge in [0.2, 0.25) is 0 Å². The molecule has 2 aromatic carbocycles. The zero-order valence-electron chi connectivity index (χ0n) is 18.4. The van der Waals surface area contributed by atoms with Crippen LogP contribution in [0.25, 0.3) is 11.1 Å². The molecule has 0 N–H and O–H groups in total. The number of likely N-dealkylation sites (tertiary alicyclic amines) is 1. The summed E-state index contributed by atoms with van der Waals surface area (Å²) in [5.74, 6) is -0.639. The summed E-state index contributed by atoms with van der Waals surface area (Å²) in [7, 11) is -3.36. The number of carbonyl (C=O) groups excluding carboxylic acids is 1. The third kappa shape index (κ3) is 4.59. The maximum atomic E-state index is 14.3.